The van der Waals surface area contributed by atoms with Crippen LogP contribution in [0.1, 0.15) is 6.42 Å². The highest BCUT2D eigenvalue weighted by Crippen LogP contribution is 2.24. The van der Waals surface area contributed by atoms with Crippen molar-refractivity contribution in [1.29, 1.82) is 0 Å². The van der Waals surface area contributed by atoms with Crippen LogP contribution in [0.4, 0.5) is 5.95 Å². The predicted molar refractivity (Wildman–Crippen MR) is 80.0 cm³/mol. The average molecular weight is 293 g/mol. The lowest BCUT2D eigenvalue weighted by atomic mass is 10.0. The van der Waals surface area contributed by atoms with Gasteiger partial charge in [0.1, 0.15) is 5.60 Å². The summed E-state index contributed by atoms with van der Waals surface area (Å²) >= 11 is 0. The Balaban J connectivity index is 1.93. The molecule has 1 amide bonds. The maximum atomic E-state index is 12.0. The van der Waals surface area contributed by atoms with Gasteiger partial charge in [0.25, 0.3) is 0 Å². The van der Waals surface area contributed by atoms with Crippen LogP contribution < -0.4 is 4.90 Å². The maximum absolute atomic E-state index is 12.0. The fourth-order valence-electron chi connectivity index (χ4n) is 2.53. The lowest BCUT2D eigenvalue weighted by Crippen LogP contribution is -2.47. The maximum Gasteiger partial charge on any atom is 0.236 e. The van der Waals surface area contributed by atoms with Gasteiger partial charge in [-0.3, -0.25) is 4.79 Å². The monoisotopic (exact) mass is 293 g/mol. The number of β-amino-alcohol motifs (C(OH)–C–C–N with tert-alkyl or cyclic N) is 1. The summed E-state index contributed by atoms with van der Waals surface area (Å²) in [5, 5.41) is 10.7. The second-order valence-electron chi connectivity index (χ2n) is 5.93. The molecule has 1 aromatic heterocycles. The molecule has 1 aliphatic heterocycles. The molecule has 116 valence electrons. The molecule has 0 saturated carbocycles. The van der Waals surface area contributed by atoms with Crippen LogP contribution in [-0.4, -0.2) is 83.7 Å². The van der Waals surface area contributed by atoms with Crippen molar-refractivity contribution in [2.45, 2.75) is 12.0 Å². The van der Waals surface area contributed by atoms with Gasteiger partial charge in [-0.1, -0.05) is 0 Å². The van der Waals surface area contributed by atoms with Gasteiger partial charge in [-0.2, -0.15) is 0 Å². The molecule has 0 aliphatic carbocycles. The number of hydrogen-bond donors (Lipinski definition) is 1. The molecule has 7 nitrogen and oxygen atoms in total. The summed E-state index contributed by atoms with van der Waals surface area (Å²) < 4.78 is 0. The number of anilines is 1. The number of carbonyl (C=O) groups is 1. The third kappa shape index (κ3) is 4.12. The zero-order valence-corrected chi connectivity index (χ0v) is 12.9. The highest BCUT2D eigenvalue weighted by molar-refractivity contribution is 5.78. The smallest absolute Gasteiger partial charge is 0.236 e. The summed E-state index contributed by atoms with van der Waals surface area (Å²) in [4.78, 5) is 25.7. The normalized spacial score (nSPS) is 21.9. The third-order valence-corrected chi connectivity index (χ3v) is 3.58. The highest BCUT2D eigenvalue weighted by Gasteiger charge is 2.38. The fraction of sp³-hybridized carbons (Fsp3) is 0.643. The van der Waals surface area contributed by atoms with Crippen molar-refractivity contribution in [1.82, 2.24) is 19.8 Å². The molecule has 1 fully saturated rings. The summed E-state index contributed by atoms with van der Waals surface area (Å²) in [7, 11) is 5.43. The van der Waals surface area contributed by atoms with E-state index in [4.69, 9.17) is 0 Å². The number of carbonyl (C=O) groups excluding carboxylic acids is 1. The quantitative estimate of drug-likeness (QED) is 0.784. The molecule has 1 aromatic rings. The standard InChI is InChI=1S/C14H23N5O2/c1-17(2)9-12(20)18(3)10-14(21)5-8-19(11-14)13-15-6-4-7-16-13/h4,6-7,21H,5,8-11H2,1-3H3. The molecule has 0 aromatic carbocycles. The van der Waals surface area contributed by atoms with Crippen molar-refractivity contribution in [2.75, 3.05) is 52.2 Å². The topological polar surface area (TPSA) is 72.8 Å². The molecule has 7 heteroatoms. The molecule has 1 atom stereocenters. The van der Waals surface area contributed by atoms with Gasteiger partial charge >= 0.3 is 0 Å². The van der Waals surface area contributed by atoms with Crippen molar-refractivity contribution in [3.05, 3.63) is 18.5 Å². The number of aromatic nitrogens is 2. The van der Waals surface area contributed by atoms with E-state index in [0.29, 0.717) is 38.5 Å². The summed E-state index contributed by atoms with van der Waals surface area (Å²) in [5.74, 6) is 0.624. The lowest BCUT2D eigenvalue weighted by molar-refractivity contribution is -0.133. The minimum atomic E-state index is -0.907. The van der Waals surface area contributed by atoms with Gasteiger partial charge in [0.05, 0.1) is 19.6 Å². The zero-order valence-electron chi connectivity index (χ0n) is 12.9. The number of nitrogens with zero attached hydrogens (tertiary/aromatic N) is 5. The van der Waals surface area contributed by atoms with Crippen molar-refractivity contribution < 1.29 is 9.90 Å². The average Bonchev–Trinajstić information content (AvgIpc) is 2.81. The van der Waals surface area contributed by atoms with Crippen LogP contribution in [0.15, 0.2) is 18.5 Å². The van der Waals surface area contributed by atoms with E-state index < -0.39 is 5.60 Å². The first-order valence-electron chi connectivity index (χ1n) is 7.03. The van der Waals surface area contributed by atoms with Crippen LogP contribution in [0.25, 0.3) is 0 Å². The highest BCUT2D eigenvalue weighted by atomic mass is 16.3. The summed E-state index contributed by atoms with van der Waals surface area (Å²) in [6.07, 6.45) is 3.98. The SMILES string of the molecule is CN(C)CC(=O)N(C)CC1(O)CCN(c2ncccn2)C1. The van der Waals surface area contributed by atoms with Gasteiger partial charge in [-0.25, -0.2) is 9.97 Å². The van der Waals surface area contributed by atoms with Gasteiger partial charge in [-0.05, 0) is 26.6 Å². The van der Waals surface area contributed by atoms with E-state index in [1.54, 1.807) is 30.4 Å². The van der Waals surface area contributed by atoms with Crippen molar-refractivity contribution in [3.63, 3.8) is 0 Å². The molecule has 0 spiro atoms. The number of amides is 1. The molecule has 1 N–H and O–H groups in total. The van der Waals surface area contributed by atoms with Gasteiger partial charge < -0.3 is 19.8 Å². The second-order valence-corrected chi connectivity index (χ2v) is 5.93. The number of rotatable bonds is 5. The fourth-order valence-corrected chi connectivity index (χ4v) is 2.53. The Kier molecular flexibility index (Phi) is 4.74. The van der Waals surface area contributed by atoms with E-state index in [9.17, 15) is 9.90 Å². The number of likely N-dealkylation sites (N-methyl/N-ethyl adjacent to an activating group) is 2. The van der Waals surface area contributed by atoms with Crippen LogP contribution >= 0.6 is 0 Å². The van der Waals surface area contributed by atoms with Crippen molar-refractivity contribution >= 4 is 11.9 Å². The van der Waals surface area contributed by atoms with Gasteiger partial charge in [0, 0.05) is 26.0 Å². The molecule has 21 heavy (non-hydrogen) atoms. The molecular weight excluding hydrogens is 270 g/mol. The van der Waals surface area contributed by atoms with Crippen LogP contribution in [0.3, 0.4) is 0 Å². The Hall–Kier alpha value is -1.73. The van der Waals surface area contributed by atoms with E-state index in [1.807, 2.05) is 23.9 Å². The van der Waals surface area contributed by atoms with Crippen LogP contribution in [0.2, 0.25) is 0 Å². The zero-order chi connectivity index (χ0) is 15.5. The Morgan fingerprint density at radius 3 is 2.67 bits per heavy atom. The molecule has 2 heterocycles. The molecule has 2 rings (SSSR count). The van der Waals surface area contributed by atoms with E-state index in [1.165, 1.54) is 0 Å². The van der Waals surface area contributed by atoms with Gasteiger partial charge in [0.15, 0.2) is 0 Å². The number of aliphatic hydroxyl groups is 1. The Labute approximate surface area is 125 Å². The molecule has 1 saturated heterocycles. The first kappa shape index (κ1) is 15.7. The minimum absolute atomic E-state index is 0.00263. The molecule has 1 unspecified atom stereocenters. The molecule has 1 aliphatic rings. The molecular formula is C14H23N5O2. The summed E-state index contributed by atoms with van der Waals surface area (Å²) in [5.41, 5.74) is -0.907. The molecule has 0 bridgehead atoms. The van der Waals surface area contributed by atoms with E-state index in [2.05, 4.69) is 9.97 Å². The van der Waals surface area contributed by atoms with Gasteiger partial charge in [-0.15, -0.1) is 0 Å². The van der Waals surface area contributed by atoms with Crippen LogP contribution in [-0.2, 0) is 4.79 Å². The summed E-state index contributed by atoms with van der Waals surface area (Å²) in [6.45, 7) is 1.80. The predicted octanol–water partition coefficient (Wildman–Crippen LogP) is -0.562. The molecule has 0 radical (unpaired) electrons. The van der Waals surface area contributed by atoms with E-state index >= 15 is 0 Å². The van der Waals surface area contributed by atoms with E-state index in [-0.39, 0.29) is 5.91 Å². The summed E-state index contributed by atoms with van der Waals surface area (Å²) in [6, 6.07) is 1.76. The first-order chi connectivity index (χ1) is 9.89. The van der Waals surface area contributed by atoms with Crippen LogP contribution in [0.5, 0.6) is 0 Å². The Morgan fingerprint density at radius 2 is 2.05 bits per heavy atom. The second kappa shape index (κ2) is 6.36. The van der Waals surface area contributed by atoms with E-state index in [0.717, 1.165) is 0 Å². The minimum Gasteiger partial charge on any atom is -0.386 e. The first-order valence-corrected chi connectivity index (χ1v) is 7.03. The largest absolute Gasteiger partial charge is 0.386 e. The Morgan fingerprint density at radius 1 is 1.38 bits per heavy atom. The van der Waals surface area contributed by atoms with Gasteiger partial charge in [0.2, 0.25) is 11.9 Å². The van der Waals surface area contributed by atoms with Crippen molar-refractivity contribution in [2.24, 2.45) is 0 Å². The lowest BCUT2D eigenvalue weighted by Gasteiger charge is -2.29. The Bertz CT molecular complexity index is 482. The van der Waals surface area contributed by atoms with Crippen molar-refractivity contribution in [3.8, 4) is 0 Å². The third-order valence-electron chi connectivity index (χ3n) is 3.58. The number of hydrogen-bond acceptors (Lipinski definition) is 6. The van der Waals surface area contributed by atoms with Crippen LogP contribution in [0, 0.1) is 0 Å².